The zero-order chi connectivity index (χ0) is 20.1. The zero-order valence-corrected chi connectivity index (χ0v) is 16.1. The molecule has 0 radical (unpaired) electrons. The second kappa shape index (κ2) is 8.79. The number of nitrogens with zero attached hydrogens (tertiary/aromatic N) is 4. The quantitative estimate of drug-likeness (QED) is 0.696. The average molecular weight is 389 g/mol. The summed E-state index contributed by atoms with van der Waals surface area (Å²) < 4.78 is 5.97. The number of rotatable bonds is 6. The zero-order valence-electron chi connectivity index (χ0n) is 16.1. The Bertz CT molecular complexity index is 954. The van der Waals surface area contributed by atoms with E-state index in [9.17, 15) is 4.79 Å². The van der Waals surface area contributed by atoms with Crippen molar-refractivity contribution < 1.29 is 9.53 Å². The molecule has 3 aromatic rings. The first-order valence-corrected chi connectivity index (χ1v) is 9.69. The lowest BCUT2D eigenvalue weighted by molar-refractivity contribution is 0.100. The van der Waals surface area contributed by atoms with Crippen LogP contribution in [0.5, 0.6) is 11.6 Å². The van der Waals surface area contributed by atoms with E-state index in [4.69, 9.17) is 10.5 Å². The fraction of sp³-hybridized carbons (Fsp3) is 0.273. The summed E-state index contributed by atoms with van der Waals surface area (Å²) >= 11 is 0. The van der Waals surface area contributed by atoms with Gasteiger partial charge in [-0.1, -0.05) is 0 Å². The predicted molar refractivity (Wildman–Crippen MR) is 109 cm³/mol. The molecule has 1 saturated heterocycles. The Balaban J connectivity index is 1.41. The van der Waals surface area contributed by atoms with Crippen LogP contribution in [0.15, 0.2) is 61.2 Å². The van der Waals surface area contributed by atoms with Crippen LogP contribution in [0.25, 0.3) is 0 Å². The third kappa shape index (κ3) is 4.75. The molecule has 29 heavy (non-hydrogen) atoms. The molecule has 1 aliphatic heterocycles. The Kier molecular flexibility index (Phi) is 5.76. The Morgan fingerprint density at radius 3 is 2.38 bits per heavy atom. The highest BCUT2D eigenvalue weighted by Crippen LogP contribution is 2.33. The summed E-state index contributed by atoms with van der Waals surface area (Å²) in [5, 5.41) is 0. The number of carbonyl (C=O) groups is 1. The maximum atomic E-state index is 11.2. The van der Waals surface area contributed by atoms with Crippen LogP contribution in [-0.2, 0) is 6.54 Å². The van der Waals surface area contributed by atoms with Crippen LogP contribution in [0.3, 0.4) is 0 Å². The molecule has 0 spiro atoms. The van der Waals surface area contributed by atoms with Gasteiger partial charge in [-0.25, -0.2) is 4.98 Å². The summed E-state index contributed by atoms with van der Waals surface area (Å²) in [6, 6.07) is 10.8. The molecule has 2 aromatic heterocycles. The number of hydrogen-bond acceptors (Lipinski definition) is 6. The minimum absolute atomic E-state index is 0.303. The van der Waals surface area contributed by atoms with E-state index >= 15 is 0 Å². The molecule has 3 heterocycles. The van der Waals surface area contributed by atoms with Gasteiger partial charge in [0.25, 0.3) is 0 Å². The highest BCUT2D eigenvalue weighted by Gasteiger charge is 2.25. The smallest absolute Gasteiger partial charge is 0.248 e. The Morgan fingerprint density at radius 1 is 1.00 bits per heavy atom. The van der Waals surface area contributed by atoms with Crippen LogP contribution in [0.1, 0.15) is 40.4 Å². The van der Waals surface area contributed by atoms with Gasteiger partial charge in [-0.3, -0.25) is 19.7 Å². The van der Waals surface area contributed by atoms with Crippen LogP contribution in [0.4, 0.5) is 0 Å². The maximum absolute atomic E-state index is 11.2. The van der Waals surface area contributed by atoms with Gasteiger partial charge >= 0.3 is 0 Å². The third-order valence-electron chi connectivity index (χ3n) is 5.17. The first-order chi connectivity index (χ1) is 14.2. The van der Waals surface area contributed by atoms with E-state index in [1.807, 2.05) is 12.4 Å². The molecule has 1 amide bonds. The molecular formula is C22H23N5O2. The van der Waals surface area contributed by atoms with Crippen molar-refractivity contribution in [1.29, 1.82) is 0 Å². The molecule has 7 nitrogen and oxygen atoms in total. The van der Waals surface area contributed by atoms with Crippen molar-refractivity contribution in [2.24, 2.45) is 5.73 Å². The van der Waals surface area contributed by atoms with Gasteiger partial charge < -0.3 is 10.5 Å². The molecule has 1 aliphatic rings. The number of benzene rings is 1. The molecule has 4 rings (SSSR count). The molecule has 0 aliphatic carbocycles. The van der Waals surface area contributed by atoms with Crippen LogP contribution in [-0.4, -0.2) is 38.8 Å². The number of primary amides is 1. The van der Waals surface area contributed by atoms with Gasteiger partial charge in [0.15, 0.2) is 0 Å². The van der Waals surface area contributed by atoms with Crippen LogP contribution < -0.4 is 10.5 Å². The van der Waals surface area contributed by atoms with Crippen molar-refractivity contribution in [2.75, 3.05) is 13.1 Å². The van der Waals surface area contributed by atoms with Gasteiger partial charge in [0.05, 0.1) is 0 Å². The van der Waals surface area contributed by atoms with Crippen LogP contribution >= 0.6 is 0 Å². The van der Waals surface area contributed by atoms with Gasteiger partial charge in [-0.15, -0.1) is 0 Å². The maximum Gasteiger partial charge on any atom is 0.248 e. The molecule has 2 N–H and O–H groups in total. The van der Waals surface area contributed by atoms with Crippen molar-refractivity contribution in [1.82, 2.24) is 19.9 Å². The van der Waals surface area contributed by atoms with Gasteiger partial charge in [0, 0.05) is 42.8 Å². The minimum Gasteiger partial charge on any atom is -0.437 e. The van der Waals surface area contributed by atoms with Gasteiger partial charge in [0.1, 0.15) is 11.4 Å². The van der Waals surface area contributed by atoms with Crippen molar-refractivity contribution in [3.8, 4) is 11.6 Å². The molecule has 7 heteroatoms. The first kappa shape index (κ1) is 19.0. The third-order valence-corrected chi connectivity index (χ3v) is 5.17. The van der Waals surface area contributed by atoms with Gasteiger partial charge in [0.2, 0.25) is 11.8 Å². The molecule has 1 aromatic carbocycles. The van der Waals surface area contributed by atoms with Gasteiger partial charge in [-0.2, -0.15) is 0 Å². The summed E-state index contributed by atoms with van der Waals surface area (Å²) in [4.78, 5) is 26.7. The van der Waals surface area contributed by atoms with E-state index < -0.39 is 5.91 Å². The average Bonchev–Trinajstić information content (AvgIpc) is 2.76. The van der Waals surface area contributed by atoms with E-state index in [2.05, 4.69) is 32.0 Å². The summed E-state index contributed by atoms with van der Waals surface area (Å²) in [6.45, 7) is 2.93. The largest absolute Gasteiger partial charge is 0.437 e. The summed E-state index contributed by atoms with van der Waals surface area (Å²) in [5.41, 5.74) is 7.89. The van der Waals surface area contributed by atoms with E-state index in [1.54, 1.807) is 36.7 Å². The van der Waals surface area contributed by atoms with Crippen LogP contribution in [0, 0.1) is 0 Å². The number of pyridine rings is 1. The first-order valence-electron chi connectivity index (χ1n) is 9.69. The van der Waals surface area contributed by atoms with Crippen molar-refractivity contribution >= 4 is 5.91 Å². The van der Waals surface area contributed by atoms with E-state index in [0.29, 0.717) is 23.1 Å². The molecule has 148 valence electrons. The molecule has 0 unspecified atom stereocenters. The van der Waals surface area contributed by atoms with Crippen molar-refractivity contribution in [2.45, 2.75) is 25.3 Å². The lowest BCUT2D eigenvalue weighted by Crippen LogP contribution is -2.32. The topological polar surface area (TPSA) is 94.2 Å². The highest BCUT2D eigenvalue weighted by molar-refractivity contribution is 5.92. The molecule has 0 atom stereocenters. The SMILES string of the molecule is NC(=O)c1ccc(Oc2nccnc2C2CCN(Cc3ccncc3)CC2)cc1. The minimum atomic E-state index is -0.463. The predicted octanol–water partition coefficient (Wildman–Crippen LogP) is 3.14. The Morgan fingerprint density at radius 2 is 1.69 bits per heavy atom. The number of carbonyl (C=O) groups excluding carboxylic acids is 1. The molecule has 0 bridgehead atoms. The normalized spacial score (nSPS) is 15.2. The van der Waals surface area contributed by atoms with E-state index in [0.717, 1.165) is 38.2 Å². The number of likely N-dealkylation sites (tertiary alicyclic amines) is 1. The van der Waals surface area contributed by atoms with Crippen LogP contribution in [0.2, 0.25) is 0 Å². The molecular weight excluding hydrogens is 366 g/mol. The van der Waals surface area contributed by atoms with Gasteiger partial charge in [-0.05, 0) is 67.9 Å². The van der Waals surface area contributed by atoms with E-state index in [-0.39, 0.29) is 0 Å². The lowest BCUT2D eigenvalue weighted by Gasteiger charge is -2.31. The second-order valence-electron chi connectivity index (χ2n) is 7.14. The number of piperidine rings is 1. The molecule has 0 saturated carbocycles. The van der Waals surface area contributed by atoms with Crippen molar-refractivity contribution in [3.05, 3.63) is 78.0 Å². The summed E-state index contributed by atoms with van der Waals surface area (Å²) in [6.07, 6.45) is 9.01. The van der Waals surface area contributed by atoms with Crippen molar-refractivity contribution in [3.63, 3.8) is 0 Å². The monoisotopic (exact) mass is 389 g/mol. The highest BCUT2D eigenvalue weighted by atomic mass is 16.5. The fourth-order valence-electron chi connectivity index (χ4n) is 3.60. The lowest BCUT2D eigenvalue weighted by atomic mass is 9.93. The number of aromatic nitrogens is 3. The van der Waals surface area contributed by atoms with E-state index in [1.165, 1.54) is 5.56 Å². The summed E-state index contributed by atoms with van der Waals surface area (Å²) in [5.74, 6) is 0.964. The Hall–Kier alpha value is -3.32. The summed E-state index contributed by atoms with van der Waals surface area (Å²) in [7, 11) is 0. The second-order valence-corrected chi connectivity index (χ2v) is 7.14. The number of ether oxygens (including phenoxy) is 1. The standard InChI is InChI=1S/C22H23N5O2/c23-21(28)18-1-3-19(4-2-18)29-22-20(25-11-12-26-22)17-7-13-27(14-8-17)15-16-5-9-24-10-6-16/h1-6,9-12,17H,7-8,13-15H2,(H2,23,28). The number of nitrogens with two attached hydrogens (primary N) is 1. The Labute approximate surface area is 169 Å². The number of hydrogen-bond donors (Lipinski definition) is 1. The molecule has 1 fully saturated rings. The fourth-order valence-corrected chi connectivity index (χ4v) is 3.60. The number of amides is 1.